The molecule has 212 valence electrons. The first-order valence-electron chi connectivity index (χ1n) is 14.3. The zero-order chi connectivity index (χ0) is 29.1. The average molecular weight is 570 g/mol. The molecule has 0 radical (unpaired) electrons. The van der Waals surface area contributed by atoms with Crippen LogP contribution in [0.5, 0.6) is 0 Å². The summed E-state index contributed by atoms with van der Waals surface area (Å²) >= 11 is 1.44. The van der Waals surface area contributed by atoms with Crippen molar-refractivity contribution in [3.63, 3.8) is 0 Å². The van der Waals surface area contributed by atoms with Gasteiger partial charge < -0.3 is 11.1 Å². The van der Waals surface area contributed by atoms with Crippen molar-refractivity contribution in [2.24, 2.45) is 11.7 Å². The average Bonchev–Trinajstić information content (AvgIpc) is 3.70. The molecule has 1 atom stereocenters. The number of carbonyl (C=O) groups is 2. The van der Waals surface area contributed by atoms with Gasteiger partial charge in [-0.2, -0.15) is 0 Å². The number of aryl methyl sites for hydroxylation is 3. The normalized spacial score (nSPS) is 15.2. The summed E-state index contributed by atoms with van der Waals surface area (Å²) in [6.07, 6.45) is 5.45. The lowest BCUT2D eigenvalue weighted by Crippen LogP contribution is -2.26. The standard InChI is InChI=1S/C27H29N3O2S.C7H7F/c1-15(2)14-21-25(26(28)31)24(18-8-5-9-19(18)29-21)22-12-13-23(33-22)27(32)30-20-11-10-16-6-3-4-7-17(16)20;1-6-2-4-7(8)5-3-6/h3-4,6-7,12-13,15,20H,5,8-11,14H2,1-2H3,(H2,28,31)(H,30,32);2-5H,1H3. The Labute approximate surface area is 245 Å². The Morgan fingerprint density at radius 2 is 1.80 bits per heavy atom. The maximum absolute atomic E-state index is 13.1. The molecule has 0 saturated heterocycles. The van der Waals surface area contributed by atoms with Gasteiger partial charge in [-0.15, -0.1) is 11.3 Å². The van der Waals surface area contributed by atoms with Crippen molar-refractivity contribution in [2.75, 3.05) is 0 Å². The van der Waals surface area contributed by atoms with E-state index in [1.54, 1.807) is 12.1 Å². The van der Waals surface area contributed by atoms with E-state index in [-0.39, 0.29) is 17.8 Å². The second-order valence-electron chi connectivity index (χ2n) is 11.3. The predicted octanol–water partition coefficient (Wildman–Crippen LogP) is 7.15. The quantitative estimate of drug-likeness (QED) is 0.259. The van der Waals surface area contributed by atoms with Crippen LogP contribution in [-0.4, -0.2) is 16.8 Å². The highest BCUT2D eigenvalue weighted by molar-refractivity contribution is 7.17. The van der Waals surface area contributed by atoms with Crippen LogP contribution in [-0.2, 0) is 25.7 Å². The highest BCUT2D eigenvalue weighted by Gasteiger charge is 2.29. The number of hydrogen-bond donors (Lipinski definition) is 2. The number of aromatic nitrogens is 1. The number of halogens is 1. The largest absolute Gasteiger partial charge is 0.366 e. The van der Waals surface area contributed by atoms with Gasteiger partial charge in [0.1, 0.15) is 5.82 Å². The van der Waals surface area contributed by atoms with Crippen LogP contribution in [0.25, 0.3) is 10.4 Å². The first-order chi connectivity index (χ1) is 19.7. The number of thiophene rings is 1. The number of carbonyl (C=O) groups excluding carboxylic acids is 2. The molecule has 0 bridgehead atoms. The van der Waals surface area contributed by atoms with E-state index in [9.17, 15) is 14.0 Å². The first kappa shape index (κ1) is 28.7. The number of amides is 2. The second-order valence-corrected chi connectivity index (χ2v) is 12.4. The molecular weight excluding hydrogens is 533 g/mol. The molecule has 0 spiro atoms. The summed E-state index contributed by atoms with van der Waals surface area (Å²) in [5, 5.41) is 3.21. The lowest BCUT2D eigenvalue weighted by Gasteiger charge is -2.17. The first-order valence-corrected chi connectivity index (χ1v) is 15.1. The van der Waals surface area contributed by atoms with E-state index in [2.05, 4.69) is 31.3 Å². The molecule has 2 heterocycles. The minimum Gasteiger partial charge on any atom is -0.366 e. The Kier molecular flexibility index (Phi) is 8.64. The number of nitrogens with zero attached hydrogens (tertiary/aromatic N) is 1. The van der Waals surface area contributed by atoms with Gasteiger partial charge >= 0.3 is 0 Å². The number of rotatable bonds is 6. The minimum absolute atomic E-state index is 0.0447. The lowest BCUT2D eigenvalue weighted by molar-refractivity contribution is 0.0939. The smallest absolute Gasteiger partial charge is 0.261 e. The van der Waals surface area contributed by atoms with Crippen molar-refractivity contribution in [1.29, 1.82) is 0 Å². The van der Waals surface area contributed by atoms with Gasteiger partial charge in [0.15, 0.2) is 0 Å². The molecule has 2 aromatic carbocycles. The topological polar surface area (TPSA) is 85.1 Å². The van der Waals surface area contributed by atoms with E-state index in [0.29, 0.717) is 22.8 Å². The Hall–Kier alpha value is -3.84. The van der Waals surface area contributed by atoms with Crippen molar-refractivity contribution in [3.8, 4) is 10.4 Å². The zero-order valence-corrected chi connectivity index (χ0v) is 24.6. The van der Waals surface area contributed by atoms with Crippen LogP contribution in [0.15, 0.2) is 60.7 Å². The van der Waals surface area contributed by atoms with E-state index in [4.69, 9.17) is 10.7 Å². The summed E-state index contributed by atoms with van der Waals surface area (Å²) in [5.41, 5.74) is 13.9. The molecule has 6 rings (SSSR count). The van der Waals surface area contributed by atoms with Crippen molar-refractivity contribution in [3.05, 3.63) is 111 Å². The van der Waals surface area contributed by atoms with Crippen molar-refractivity contribution < 1.29 is 14.0 Å². The third-order valence-electron chi connectivity index (χ3n) is 7.67. The highest BCUT2D eigenvalue weighted by atomic mass is 32.1. The molecule has 5 nitrogen and oxygen atoms in total. The van der Waals surface area contributed by atoms with Crippen molar-refractivity contribution in [1.82, 2.24) is 10.3 Å². The maximum Gasteiger partial charge on any atom is 0.261 e. The molecule has 0 fully saturated rings. The van der Waals surface area contributed by atoms with Gasteiger partial charge in [-0.1, -0.05) is 55.8 Å². The Morgan fingerprint density at radius 3 is 2.51 bits per heavy atom. The highest BCUT2D eigenvalue weighted by Crippen LogP contribution is 2.40. The van der Waals surface area contributed by atoms with Crippen LogP contribution in [0.3, 0.4) is 0 Å². The molecule has 4 aromatic rings. The molecule has 3 N–H and O–H groups in total. The van der Waals surface area contributed by atoms with Gasteiger partial charge in [0, 0.05) is 16.1 Å². The fraction of sp³-hybridized carbons (Fsp3) is 0.324. The third-order valence-corrected chi connectivity index (χ3v) is 8.77. The van der Waals surface area contributed by atoms with Crippen LogP contribution in [0.1, 0.15) is 86.4 Å². The van der Waals surface area contributed by atoms with Gasteiger partial charge in [-0.25, -0.2) is 4.39 Å². The summed E-state index contributed by atoms with van der Waals surface area (Å²) in [7, 11) is 0. The summed E-state index contributed by atoms with van der Waals surface area (Å²) in [4.78, 5) is 32.1. The van der Waals surface area contributed by atoms with Crippen molar-refractivity contribution >= 4 is 23.2 Å². The van der Waals surface area contributed by atoms with Crippen LogP contribution in [0.4, 0.5) is 4.39 Å². The summed E-state index contributed by atoms with van der Waals surface area (Å²) in [6, 6.07) is 18.6. The number of benzene rings is 2. The number of primary amides is 1. The number of nitrogens with two attached hydrogens (primary N) is 1. The minimum atomic E-state index is -0.440. The Bertz CT molecular complexity index is 1550. The van der Waals surface area contributed by atoms with Crippen LogP contribution in [0.2, 0.25) is 0 Å². The van der Waals surface area contributed by atoms with Gasteiger partial charge in [-0.3, -0.25) is 14.6 Å². The van der Waals surface area contributed by atoms with E-state index in [0.717, 1.165) is 65.1 Å². The summed E-state index contributed by atoms with van der Waals surface area (Å²) in [5.74, 6) is -0.316. The molecule has 0 saturated carbocycles. The molecule has 2 aliphatic carbocycles. The Balaban J connectivity index is 0.000000365. The molecule has 7 heteroatoms. The van der Waals surface area contributed by atoms with Crippen molar-refractivity contribution in [2.45, 2.75) is 65.3 Å². The Morgan fingerprint density at radius 1 is 1.05 bits per heavy atom. The molecule has 0 aliphatic heterocycles. The van der Waals surface area contributed by atoms with Gasteiger partial charge in [0.05, 0.1) is 22.2 Å². The molecule has 2 aromatic heterocycles. The second kappa shape index (κ2) is 12.4. The maximum atomic E-state index is 13.1. The van der Waals surface area contributed by atoms with E-state index >= 15 is 0 Å². The lowest BCUT2D eigenvalue weighted by atomic mass is 9.93. The van der Waals surface area contributed by atoms with E-state index < -0.39 is 5.91 Å². The van der Waals surface area contributed by atoms with E-state index in [1.807, 2.05) is 31.2 Å². The zero-order valence-electron chi connectivity index (χ0n) is 23.8. The van der Waals surface area contributed by atoms with Gasteiger partial charge in [0.2, 0.25) is 0 Å². The van der Waals surface area contributed by atoms with Crippen LogP contribution < -0.4 is 11.1 Å². The number of pyridine rings is 1. The summed E-state index contributed by atoms with van der Waals surface area (Å²) in [6.45, 7) is 6.17. The molecule has 2 aliphatic rings. The third kappa shape index (κ3) is 6.41. The molecular formula is C34H36FN3O2S. The molecule has 2 amide bonds. The predicted molar refractivity (Wildman–Crippen MR) is 163 cm³/mol. The monoisotopic (exact) mass is 569 g/mol. The van der Waals surface area contributed by atoms with Gasteiger partial charge in [0.25, 0.3) is 11.8 Å². The number of nitrogens with one attached hydrogen (secondary N) is 1. The fourth-order valence-electron chi connectivity index (χ4n) is 5.77. The van der Waals surface area contributed by atoms with E-state index in [1.165, 1.54) is 34.6 Å². The van der Waals surface area contributed by atoms with Gasteiger partial charge in [-0.05, 0) is 92.3 Å². The number of fused-ring (bicyclic) bond motifs is 2. The SMILES string of the molecule is CC(C)Cc1nc2c(c(-c3ccc(C(=O)NC4CCc5ccccc54)s3)c1C(N)=O)CCC2.Cc1ccc(F)cc1. The fourth-order valence-corrected chi connectivity index (χ4v) is 6.76. The molecule has 41 heavy (non-hydrogen) atoms. The molecule has 1 unspecified atom stereocenters. The van der Waals surface area contributed by atoms with Crippen LogP contribution >= 0.6 is 11.3 Å². The summed E-state index contributed by atoms with van der Waals surface area (Å²) < 4.78 is 12.1. The van der Waals surface area contributed by atoms with Crippen LogP contribution in [0, 0.1) is 18.7 Å². The number of hydrogen-bond acceptors (Lipinski definition) is 4.